The van der Waals surface area contributed by atoms with Gasteiger partial charge in [0, 0.05) is 49.8 Å². The number of carbonyl (C=O) groups excluding carboxylic acids is 2. The van der Waals surface area contributed by atoms with Crippen LogP contribution in [0.25, 0.3) is 17.1 Å². The number of rotatable bonds is 10. The van der Waals surface area contributed by atoms with Crippen molar-refractivity contribution in [1.82, 2.24) is 24.6 Å². The minimum absolute atomic E-state index is 0.0226. The number of hydrogen-bond acceptors (Lipinski definition) is 5. The Morgan fingerprint density at radius 1 is 0.854 bits per heavy atom. The van der Waals surface area contributed by atoms with Crippen molar-refractivity contribution in [2.24, 2.45) is 0 Å². The van der Waals surface area contributed by atoms with Gasteiger partial charge < -0.3 is 9.80 Å². The highest BCUT2D eigenvalue weighted by atomic mass is 32.2. The number of aromatic nitrogens is 3. The van der Waals surface area contributed by atoms with E-state index in [0.717, 1.165) is 46.4 Å². The van der Waals surface area contributed by atoms with Crippen LogP contribution in [0.5, 0.6) is 0 Å². The average molecular weight is 568 g/mol. The van der Waals surface area contributed by atoms with E-state index in [2.05, 4.69) is 46.0 Å². The fourth-order valence-electron chi connectivity index (χ4n) is 5.31. The van der Waals surface area contributed by atoms with E-state index in [1.54, 1.807) is 11.8 Å². The van der Waals surface area contributed by atoms with Gasteiger partial charge in [0.15, 0.2) is 11.0 Å². The van der Waals surface area contributed by atoms with Crippen LogP contribution in [0.3, 0.4) is 0 Å². The van der Waals surface area contributed by atoms with Crippen LogP contribution >= 0.6 is 11.8 Å². The smallest absolute Gasteiger partial charge is 0.223 e. The van der Waals surface area contributed by atoms with Gasteiger partial charge in [-0.1, -0.05) is 90.6 Å². The van der Waals surface area contributed by atoms with Crippen molar-refractivity contribution in [3.05, 3.63) is 96.1 Å². The van der Waals surface area contributed by atoms with Gasteiger partial charge in [0.05, 0.1) is 5.69 Å². The zero-order valence-electron chi connectivity index (χ0n) is 23.8. The first-order chi connectivity index (χ1) is 20.0. The Bertz CT molecular complexity index is 1460. The van der Waals surface area contributed by atoms with Gasteiger partial charge in [-0.25, -0.2) is 0 Å². The van der Waals surface area contributed by atoms with Crippen molar-refractivity contribution in [2.45, 2.75) is 50.7 Å². The predicted molar refractivity (Wildman–Crippen MR) is 164 cm³/mol. The molecule has 1 fully saturated rings. The summed E-state index contributed by atoms with van der Waals surface area (Å²) in [5.74, 6) is 1.89. The number of aryl methyl sites for hydroxylation is 2. The van der Waals surface area contributed by atoms with E-state index in [4.69, 9.17) is 0 Å². The van der Waals surface area contributed by atoms with E-state index >= 15 is 0 Å². The van der Waals surface area contributed by atoms with Crippen molar-refractivity contribution in [2.75, 3.05) is 25.4 Å². The van der Waals surface area contributed by atoms with Crippen LogP contribution < -0.4 is 0 Å². The standard InChI is InChI=1S/C33H37N5O2S/c1-25-12-9-10-17-29(25)38-32(28-15-7-4-8-16-28)34-35-33(38)41-23-11-18-30(39)36-21-22-37(26(2)24-36)31(40)20-19-27-13-5-3-6-14-27/h3-10,12-17,26H,11,18-24H2,1-2H3/t26-/m1/s1. The van der Waals surface area contributed by atoms with E-state index in [-0.39, 0.29) is 17.9 Å². The van der Waals surface area contributed by atoms with Crippen LogP contribution in [0.4, 0.5) is 0 Å². The van der Waals surface area contributed by atoms with Gasteiger partial charge >= 0.3 is 0 Å². The predicted octanol–water partition coefficient (Wildman–Crippen LogP) is 5.81. The molecule has 3 aromatic carbocycles. The molecule has 7 nitrogen and oxygen atoms in total. The van der Waals surface area contributed by atoms with E-state index in [9.17, 15) is 9.59 Å². The van der Waals surface area contributed by atoms with E-state index in [1.165, 1.54) is 5.56 Å². The first kappa shape index (κ1) is 28.6. The third kappa shape index (κ3) is 7.06. The molecule has 1 aliphatic heterocycles. The summed E-state index contributed by atoms with van der Waals surface area (Å²) in [7, 11) is 0. The highest BCUT2D eigenvalue weighted by Crippen LogP contribution is 2.30. The lowest BCUT2D eigenvalue weighted by atomic mass is 10.1. The number of hydrogen-bond donors (Lipinski definition) is 0. The summed E-state index contributed by atoms with van der Waals surface area (Å²) >= 11 is 1.63. The molecule has 0 saturated carbocycles. The molecule has 1 atom stereocenters. The minimum Gasteiger partial charge on any atom is -0.339 e. The molecule has 1 saturated heterocycles. The number of para-hydroxylation sites is 1. The Morgan fingerprint density at radius 2 is 1.56 bits per heavy atom. The molecule has 0 radical (unpaired) electrons. The Morgan fingerprint density at radius 3 is 2.29 bits per heavy atom. The van der Waals surface area contributed by atoms with Crippen molar-refractivity contribution < 1.29 is 9.59 Å². The van der Waals surface area contributed by atoms with Crippen LogP contribution in [0.15, 0.2) is 90.1 Å². The van der Waals surface area contributed by atoms with Crippen molar-refractivity contribution in [3.63, 3.8) is 0 Å². The molecule has 2 heterocycles. The van der Waals surface area contributed by atoms with Gasteiger partial charge in [-0.15, -0.1) is 10.2 Å². The maximum atomic E-state index is 13.0. The molecule has 2 amide bonds. The summed E-state index contributed by atoms with van der Waals surface area (Å²) in [6, 6.07) is 28.5. The van der Waals surface area contributed by atoms with Gasteiger partial charge in [-0.3, -0.25) is 14.2 Å². The SMILES string of the molecule is Cc1ccccc1-n1c(SCCCC(=O)N2CCN(C(=O)CCc3ccccc3)[C@H](C)C2)nnc1-c1ccccc1. The van der Waals surface area contributed by atoms with Gasteiger partial charge in [0.25, 0.3) is 0 Å². The summed E-state index contributed by atoms with van der Waals surface area (Å²) in [5, 5.41) is 9.89. The molecule has 8 heteroatoms. The van der Waals surface area contributed by atoms with Gasteiger partial charge in [-0.2, -0.15) is 0 Å². The second-order valence-corrected chi connectivity index (χ2v) is 11.6. The van der Waals surface area contributed by atoms with Crippen molar-refractivity contribution in [3.8, 4) is 17.1 Å². The number of benzene rings is 3. The maximum Gasteiger partial charge on any atom is 0.223 e. The number of carbonyl (C=O) groups is 2. The van der Waals surface area contributed by atoms with E-state index in [1.807, 2.05) is 77.4 Å². The van der Waals surface area contributed by atoms with E-state index < -0.39 is 0 Å². The van der Waals surface area contributed by atoms with E-state index in [0.29, 0.717) is 32.5 Å². The first-order valence-electron chi connectivity index (χ1n) is 14.3. The van der Waals surface area contributed by atoms with Crippen LogP contribution in [0.2, 0.25) is 0 Å². The van der Waals surface area contributed by atoms with Crippen LogP contribution in [-0.4, -0.2) is 67.8 Å². The largest absolute Gasteiger partial charge is 0.339 e. The zero-order chi connectivity index (χ0) is 28.6. The number of amides is 2. The zero-order valence-corrected chi connectivity index (χ0v) is 24.6. The second kappa shape index (κ2) is 13.6. The van der Waals surface area contributed by atoms with Gasteiger partial charge in [0.1, 0.15) is 0 Å². The van der Waals surface area contributed by atoms with Crippen LogP contribution in [0, 0.1) is 6.92 Å². The molecule has 5 rings (SSSR count). The Labute approximate surface area is 246 Å². The lowest BCUT2D eigenvalue weighted by Crippen LogP contribution is -2.55. The van der Waals surface area contributed by atoms with Crippen molar-refractivity contribution >= 4 is 23.6 Å². The number of piperazine rings is 1. The monoisotopic (exact) mass is 567 g/mol. The lowest BCUT2D eigenvalue weighted by molar-refractivity contribution is -0.142. The highest BCUT2D eigenvalue weighted by Gasteiger charge is 2.29. The molecule has 0 bridgehead atoms. The Balaban J connectivity index is 1.13. The third-order valence-corrected chi connectivity index (χ3v) is 8.57. The molecular weight excluding hydrogens is 530 g/mol. The number of thioether (sulfide) groups is 1. The summed E-state index contributed by atoms with van der Waals surface area (Å²) in [6.45, 7) is 5.91. The second-order valence-electron chi connectivity index (χ2n) is 10.5. The third-order valence-electron chi connectivity index (χ3n) is 7.56. The minimum atomic E-state index is 0.0226. The topological polar surface area (TPSA) is 71.3 Å². The van der Waals surface area contributed by atoms with Gasteiger partial charge in [0.2, 0.25) is 11.8 Å². The quantitative estimate of drug-likeness (QED) is 0.179. The fourth-order valence-corrected chi connectivity index (χ4v) is 6.19. The van der Waals surface area contributed by atoms with Crippen LogP contribution in [0.1, 0.15) is 37.3 Å². The average Bonchev–Trinajstić information content (AvgIpc) is 3.42. The Kier molecular flexibility index (Phi) is 9.51. The molecule has 0 aliphatic carbocycles. The molecule has 0 N–H and O–H groups in total. The Hall–Kier alpha value is -3.91. The molecule has 0 unspecified atom stereocenters. The normalized spacial score (nSPS) is 15.2. The van der Waals surface area contributed by atoms with Gasteiger partial charge in [-0.05, 0) is 43.9 Å². The molecule has 212 valence electrons. The number of nitrogens with zero attached hydrogens (tertiary/aromatic N) is 5. The molecule has 4 aromatic rings. The molecule has 0 spiro atoms. The molecule has 1 aliphatic rings. The first-order valence-corrected chi connectivity index (χ1v) is 15.3. The summed E-state index contributed by atoms with van der Waals surface area (Å²) in [6.07, 6.45) is 2.47. The summed E-state index contributed by atoms with van der Waals surface area (Å²) < 4.78 is 2.12. The summed E-state index contributed by atoms with van der Waals surface area (Å²) in [4.78, 5) is 29.8. The molecule has 1 aromatic heterocycles. The van der Waals surface area contributed by atoms with Crippen LogP contribution in [-0.2, 0) is 16.0 Å². The van der Waals surface area contributed by atoms with Crippen molar-refractivity contribution in [1.29, 1.82) is 0 Å². The summed E-state index contributed by atoms with van der Waals surface area (Å²) in [5.41, 5.74) is 4.39. The fraction of sp³-hybridized carbons (Fsp3) is 0.333. The maximum absolute atomic E-state index is 13.0. The lowest BCUT2D eigenvalue weighted by Gasteiger charge is -2.40. The highest BCUT2D eigenvalue weighted by molar-refractivity contribution is 7.99. The molecular formula is C33H37N5O2S. The molecule has 41 heavy (non-hydrogen) atoms.